The van der Waals surface area contributed by atoms with Crippen molar-refractivity contribution in [3.05, 3.63) is 42.0 Å². The van der Waals surface area contributed by atoms with E-state index in [9.17, 15) is 13.2 Å². The van der Waals surface area contributed by atoms with Crippen LogP contribution in [-0.2, 0) is 0 Å². The molecule has 0 bridgehead atoms. The lowest BCUT2D eigenvalue weighted by molar-refractivity contribution is 0.548. The fraction of sp³-hybridized carbons (Fsp3) is 0. The minimum Gasteiger partial charge on any atom is -0.334 e. The molecule has 0 atom stereocenters. The molecule has 4 N–H and O–H groups in total. The van der Waals surface area contributed by atoms with E-state index in [1.54, 1.807) is 0 Å². The lowest BCUT2D eigenvalue weighted by Crippen LogP contribution is -2.10. The molecule has 0 aliphatic rings. The van der Waals surface area contributed by atoms with Crippen molar-refractivity contribution in [1.82, 2.24) is 9.97 Å². The number of anilines is 3. The Kier molecular flexibility index (Phi) is 3.28. The predicted molar refractivity (Wildman–Crippen MR) is 59.4 cm³/mol. The number of halogens is 3. The summed E-state index contributed by atoms with van der Waals surface area (Å²) in [5.41, 5.74) is 1.72. The highest BCUT2D eigenvalue weighted by Crippen LogP contribution is 2.23. The van der Waals surface area contributed by atoms with Gasteiger partial charge in [0, 0.05) is 12.1 Å². The maximum absolute atomic E-state index is 13.3. The van der Waals surface area contributed by atoms with E-state index in [4.69, 9.17) is 5.84 Å². The van der Waals surface area contributed by atoms with Crippen LogP contribution in [0.25, 0.3) is 0 Å². The van der Waals surface area contributed by atoms with Crippen LogP contribution in [0.3, 0.4) is 0 Å². The predicted octanol–water partition coefficient (Wildman–Crippen LogP) is 1.92. The Balaban J connectivity index is 2.33. The second-order valence-electron chi connectivity index (χ2n) is 3.30. The number of hydrogen-bond donors (Lipinski definition) is 3. The van der Waals surface area contributed by atoms with E-state index < -0.39 is 23.1 Å². The third-order valence-electron chi connectivity index (χ3n) is 2.04. The molecule has 0 amide bonds. The molecule has 94 valence electrons. The van der Waals surface area contributed by atoms with E-state index in [2.05, 4.69) is 20.7 Å². The van der Waals surface area contributed by atoms with E-state index in [1.807, 2.05) is 0 Å². The van der Waals surface area contributed by atoms with E-state index in [0.717, 1.165) is 0 Å². The van der Waals surface area contributed by atoms with Gasteiger partial charge in [0.2, 0.25) is 0 Å². The molecule has 8 heteroatoms. The van der Waals surface area contributed by atoms with Gasteiger partial charge in [-0.05, 0) is 0 Å². The molecule has 0 spiro atoms. The molecule has 1 aromatic carbocycles. The van der Waals surface area contributed by atoms with Crippen molar-refractivity contribution in [3.8, 4) is 0 Å². The van der Waals surface area contributed by atoms with Crippen LogP contribution in [0.15, 0.2) is 24.5 Å². The van der Waals surface area contributed by atoms with E-state index in [1.165, 1.54) is 12.4 Å². The summed E-state index contributed by atoms with van der Waals surface area (Å²) in [5, 5.41) is 2.36. The van der Waals surface area contributed by atoms with Crippen molar-refractivity contribution in [1.29, 1.82) is 0 Å². The van der Waals surface area contributed by atoms with Crippen LogP contribution in [0.5, 0.6) is 0 Å². The van der Waals surface area contributed by atoms with Crippen molar-refractivity contribution in [2.24, 2.45) is 5.84 Å². The molecular formula is C10H8F3N5. The normalized spacial score (nSPS) is 10.2. The Bertz CT molecular complexity index is 552. The van der Waals surface area contributed by atoms with Gasteiger partial charge >= 0.3 is 0 Å². The number of nitrogens with one attached hydrogen (secondary N) is 2. The third kappa shape index (κ3) is 2.48. The first-order valence-corrected chi connectivity index (χ1v) is 4.80. The summed E-state index contributed by atoms with van der Waals surface area (Å²) in [7, 11) is 0. The van der Waals surface area contributed by atoms with Crippen molar-refractivity contribution < 1.29 is 13.2 Å². The van der Waals surface area contributed by atoms with Gasteiger partial charge in [-0.2, -0.15) is 0 Å². The van der Waals surface area contributed by atoms with Crippen LogP contribution < -0.4 is 16.6 Å². The zero-order chi connectivity index (χ0) is 13.1. The Labute approximate surface area is 99.8 Å². The summed E-state index contributed by atoms with van der Waals surface area (Å²) < 4.78 is 39.4. The molecule has 1 heterocycles. The van der Waals surface area contributed by atoms with Crippen LogP contribution in [0.4, 0.5) is 30.5 Å². The van der Waals surface area contributed by atoms with Crippen LogP contribution in [0.2, 0.25) is 0 Å². The largest absolute Gasteiger partial charge is 0.334 e. The van der Waals surface area contributed by atoms with Crippen molar-refractivity contribution in [2.45, 2.75) is 0 Å². The number of hydrogen-bond acceptors (Lipinski definition) is 5. The fourth-order valence-corrected chi connectivity index (χ4v) is 1.29. The van der Waals surface area contributed by atoms with Gasteiger partial charge in [-0.3, -0.25) is 4.98 Å². The molecule has 0 fully saturated rings. The molecule has 0 saturated heterocycles. The molecule has 0 saturated carbocycles. The summed E-state index contributed by atoms with van der Waals surface area (Å²) in [5.74, 6) is 2.25. The molecule has 0 aliphatic carbocycles. The SMILES string of the molecule is NNc1cncc(Nc2c(F)cc(F)cc2F)n1. The number of nitrogen functional groups attached to an aromatic ring is 1. The number of rotatable bonds is 3. The van der Waals surface area contributed by atoms with Crippen LogP contribution in [0, 0.1) is 17.5 Å². The summed E-state index contributed by atoms with van der Waals surface area (Å²) in [4.78, 5) is 7.60. The minimum atomic E-state index is -1.07. The lowest BCUT2D eigenvalue weighted by atomic mass is 10.3. The molecular weight excluding hydrogens is 247 g/mol. The third-order valence-corrected chi connectivity index (χ3v) is 2.04. The number of nitrogens with zero attached hydrogens (tertiary/aromatic N) is 2. The molecule has 18 heavy (non-hydrogen) atoms. The lowest BCUT2D eigenvalue weighted by Gasteiger charge is -2.08. The monoisotopic (exact) mass is 255 g/mol. The maximum atomic E-state index is 13.3. The number of benzene rings is 1. The Morgan fingerprint density at radius 3 is 2.22 bits per heavy atom. The summed E-state index contributed by atoms with van der Waals surface area (Å²) >= 11 is 0. The van der Waals surface area contributed by atoms with E-state index in [-0.39, 0.29) is 11.6 Å². The highest BCUT2D eigenvalue weighted by Gasteiger charge is 2.12. The first-order chi connectivity index (χ1) is 8.60. The van der Waals surface area contributed by atoms with Crippen LogP contribution >= 0.6 is 0 Å². The average Bonchev–Trinajstić information content (AvgIpc) is 2.34. The number of aromatic nitrogens is 2. The maximum Gasteiger partial charge on any atom is 0.160 e. The second kappa shape index (κ2) is 4.88. The highest BCUT2D eigenvalue weighted by atomic mass is 19.1. The first-order valence-electron chi connectivity index (χ1n) is 4.80. The zero-order valence-corrected chi connectivity index (χ0v) is 8.92. The molecule has 1 aromatic heterocycles. The molecule has 2 aromatic rings. The zero-order valence-electron chi connectivity index (χ0n) is 8.92. The standard InChI is InChI=1S/C10H8F3N5/c11-5-1-6(12)10(7(13)2-5)17-8-3-15-4-9(16-8)18-14/h1-4H,14H2,(H2,16,17,18). The second-order valence-corrected chi connectivity index (χ2v) is 3.30. The van der Waals surface area contributed by atoms with Gasteiger partial charge < -0.3 is 10.7 Å². The number of nitrogens with two attached hydrogens (primary N) is 1. The van der Waals surface area contributed by atoms with Gasteiger partial charge in [-0.25, -0.2) is 24.0 Å². The van der Waals surface area contributed by atoms with Crippen LogP contribution in [-0.4, -0.2) is 9.97 Å². The van der Waals surface area contributed by atoms with Gasteiger partial charge in [0.15, 0.2) is 23.3 Å². The number of hydrazine groups is 1. The molecule has 0 radical (unpaired) electrons. The van der Waals surface area contributed by atoms with Crippen molar-refractivity contribution in [2.75, 3.05) is 10.7 Å². The van der Waals surface area contributed by atoms with E-state index >= 15 is 0 Å². The molecule has 0 aliphatic heterocycles. The van der Waals surface area contributed by atoms with Gasteiger partial charge in [0.1, 0.15) is 11.5 Å². The van der Waals surface area contributed by atoms with E-state index in [0.29, 0.717) is 12.1 Å². The summed E-state index contributed by atoms with van der Waals surface area (Å²) in [6, 6.07) is 1.12. The quantitative estimate of drug-likeness (QED) is 0.577. The Hall–Kier alpha value is -2.35. The molecule has 0 unspecified atom stereocenters. The van der Waals surface area contributed by atoms with Gasteiger partial charge in [-0.1, -0.05) is 0 Å². The van der Waals surface area contributed by atoms with Gasteiger partial charge in [0.05, 0.1) is 12.4 Å². The average molecular weight is 255 g/mol. The molecule has 2 rings (SSSR count). The topological polar surface area (TPSA) is 75.9 Å². The summed E-state index contributed by atoms with van der Waals surface area (Å²) in [6.07, 6.45) is 2.56. The van der Waals surface area contributed by atoms with Gasteiger partial charge in [0.25, 0.3) is 0 Å². The Morgan fingerprint density at radius 2 is 1.61 bits per heavy atom. The highest BCUT2D eigenvalue weighted by molar-refractivity contribution is 5.58. The van der Waals surface area contributed by atoms with Crippen LogP contribution in [0.1, 0.15) is 0 Å². The van der Waals surface area contributed by atoms with Gasteiger partial charge in [-0.15, -0.1) is 0 Å². The van der Waals surface area contributed by atoms with Crippen molar-refractivity contribution in [3.63, 3.8) is 0 Å². The fourth-order valence-electron chi connectivity index (χ4n) is 1.29. The molecule has 5 nitrogen and oxygen atoms in total. The van der Waals surface area contributed by atoms with Crippen molar-refractivity contribution >= 4 is 17.3 Å². The summed E-state index contributed by atoms with van der Waals surface area (Å²) in [6.45, 7) is 0. The first kappa shape index (κ1) is 12.1. The smallest absolute Gasteiger partial charge is 0.160 e. The minimum absolute atomic E-state index is 0.0647. The Morgan fingerprint density at radius 1 is 1.00 bits per heavy atom.